The van der Waals surface area contributed by atoms with Crippen molar-refractivity contribution in [3.8, 4) is 0 Å². The van der Waals surface area contributed by atoms with Crippen LogP contribution >= 0.6 is 0 Å². The van der Waals surface area contributed by atoms with Crippen molar-refractivity contribution in [1.82, 2.24) is 5.32 Å². The molecule has 0 saturated heterocycles. The third-order valence-corrected chi connectivity index (χ3v) is 3.80. The lowest BCUT2D eigenvalue weighted by Gasteiger charge is -2.19. The molecule has 142 valence electrons. The molecule has 0 radical (unpaired) electrons. The minimum Gasteiger partial charge on any atom is -0.464 e. The van der Waals surface area contributed by atoms with Gasteiger partial charge in [-0.2, -0.15) is 0 Å². The fourth-order valence-electron chi connectivity index (χ4n) is 2.51. The highest BCUT2D eigenvalue weighted by Gasteiger charge is 2.23. The highest BCUT2D eigenvalue weighted by molar-refractivity contribution is 5.81. The first kappa shape index (κ1) is 22.7. The summed E-state index contributed by atoms with van der Waals surface area (Å²) in [7, 11) is 0. The van der Waals surface area contributed by atoms with Crippen LogP contribution in [-0.4, -0.2) is 31.3 Å². The summed E-state index contributed by atoms with van der Waals surface area (Å²) in [6, 6.07) is -0.627. The zero-order chi connectivity index (χ0) is 18.2. The van der Waals surface area contributed by atoms with Crippen LogP contribution < -0.4 is 5.32 Å². The molecule has 0 aliphatic carbocycles. The van der Waals surface area contributed by atoms with E-state index in [0.717, 1.165) is 12.8 Å². The average molecular weight is 344 g/mol. The lowest BCUT2D eigenvalue weighted by molar-refractivity contribution is -0.146. The van der Waals surface area contributed by atoms with Gasteiger partial charge in [-0.15, -0.1) is 0 Å². The molecule has 0 aliphatic heterocycles. The topological polar surface area (TPSA) is 64.6 Å². The van der Waals surface area contributed by atoms with Crippen LogP contribution in [0.3, 0.4) is 0 Å². The van der Waals surface area contributed by atoms with Crippen molar-refractivity contribution in [3.63, 3.8) is 0 Å². The summed E-state index contributed by atoms with van der Waals surface area (Å²) in [5.74, 6) is -0.0766. The van der Waals surface area contributed by atoms with E-state index in [1.165, 1.54) is 38.5 Å². The molecule has 0 rings (SSSR count). The van der Waals surface area contributed by atoms with Crippen LogP contribution in [0.1, 0.15) is 85.5 Å². The molecular formula is C19H37NO4. The van der Waals surface area contributed by atoms with Gasteiger partial charge in [0.1, 0.15) is 6.04 Å². The number of amides is 1. The van der Waals surface area contributed by atoms with Gasteiger partial charge in [0.2, 0.25) is 0 Å². The van der Waals surface area contributed by atoms with E-state index in [1.54, 1.807) is 6.92 Å². The number of carbonyl (C=O) groups excluding carboxylic acids is 2. The summed E-state index contributed by atoms with van der Waals surface area (Å²) in [5.41, 5.74) is 0. The summed E-state index contributed by atoms with van der Waals surface area (Å²) >= 11 is 0. The van der Waals surface area contributed by atoms with E-state index in [1.807, 2.05) is 13.8 Å². The molecule has 0 fully saturated rings. The maximum atomic E-state index is 12.1. The fraction of sp³-hybridized carbons (Fsp3) is 0.895. The zero-order valence-corrected chi connectivity index (χ0v) is 16.1. The molecule has 24 heavy (non-hydrogen) atoms. The number of nitrogens with one attached hydrogen (secondary N) is 1. The molecule has 1 unspecified atom stereocenters. The highest BCUT2D eigenvalue weighted by Crippen LogP contribution is 2.10. The van der Waals surface area contributed by atoms with Gasteiger partial charge >= 0.3 is 12.1 Å². The zero-order valence-electron chi connectivity index (χ0n) is 16.1. The summed E-state index contributed by atoms with van der Waals surface area (Å²) in [4.78, 5) is 23.7. The number of alkyl carbamates (subject to hydrolysis) is 1. The number of hydrogen-bond donors (Lipinski definition) is 1. The maximum absolute atomic E-state index is 12.1. The van der Waals surface area contributed by atoms with Gasteiger partial charge in [-0.05, 0) is 25.7 Å². The Morgan fingerprint density at radius 3 is 2.00 bits per heavy atom. The molecular weight excluding hydrogens is 306 g/mol. The van der Waals surface area contributed by atoms with Gasteiger partial charge in [-0.1, -0.05) is 65.7 Å². The van der Waals surface area contributed by atoms with Crippen LogP contribution in [0.4, 0.5) is 4.79 Å². The molecule has 0 aromatic carbocycles. The number of rotatable bonds is 14. The minimum atomic E-state index is -0.627. The van der Waals surface area contributed by atoms with Crippen LogP contribution in [0.15, 0.2) is 0 Å². The van der Waals surface area contributed by atoms with E-state index in [0.29, 0.717) is 13.0 Å². The molecule has 1 amide bonds. The van der Waals surface area contributed by atoms with Crippen LogP contribution in [0.2, 0.25) is 0 Å². The normalized spacial score (nSPS) is 12.0. The molecule has 0 bridgehead atoms. The Labute approximate surface area is 147 Å². The summed E-state index contributed by atoms with van der Waals surface area (Å²) < 4.78 is 10.2. The third-order valence-electron chi connectivity index (χ3n) is 3.80. The number of esters is 1. The second kappa shape index (κ2) is 15.3. The monoisotopic (exact) mass is 343 g/mol. The Bertz CT molecular complexity index is 331. The number of unbranched alkanes of at least 4 members (excludes halogenated alkanes) is 7. The van der Waals surface area contributed by atoms with Crippen LogP contribution in [0, 0.1) is 5.92 Å². The van der Waals surface area contributed by atoms with Crippen LogP contribution in [0.25, 0.3) is 0 Å². The number of hydrogen-bond acceptors (Lipinski definition) is 4. The quantitative estimate of drug-likeness (QED) is 0.362. The predicted octanol–water partition coefficient (Wildman–Crippen LogP) is 4.83. The minimum absolute atomic E-state index is 0.285. The fourth-order valence-corrected chi connectivity index (χ4v) is 2.51. The van der Waals surface area contributed by atoms with E-state index in [-0.39, 0.29) is 18.5 Å². The molecule has 0 heterocycles. The van der Waals surface area contributed by atoms with Gasteiger partial charge in [-0.25, -0.2) is 9.59 Å². The summed E-state index contributed by atoms with van der Waals surface area (Å²) in [6.45, 7) is 8.67. The van der Waals surface area contributed by atoms with Gasteiger partial charge < -0.3 is 14.8 Å². The second-order valence-corrected chi connectivity index (χ2v) is 6.69. The predicted molar refractivity (Wildman–Crippen MR) is 97.0 cm³/mol. The Morgan fingerprint density at radius 2 is 1.46 bits per heavy atom. The van der Waals surface area contributed by atoms with E-state index >= 15 is 0 Å². The highest BCUT2D eigenvalue weighted by atomic mass is 16.6. The first-order valence-corrected chi connectivity index (χ1v) is 9.61. The van der Waals surface area contributed by atoms with Gasteiger partial charge in [0.15, 0.2) is 0 Å². The first-order chi connectivity index (χ1) is 11.5. The molecule has 0 saturated carbocycles. The summed E-state index contributed by atoms with van der Waals surface area (Å²) in [6.07, 6.45) is 9.62. The lowest BCUT2D eigenvalue weighted by atomic mass is 10.0. The van der Waals surface area contributed by atoms with E-state index < -0.39 is 12.1 Å². The largest absolute Gasteiger partial charge is 0.464 e. The lowest BCUT2D eigenvalue weighted by Crippen LogP contribution is -2.43. The molecule has 0 aromatic rings. The molecule has 5 heteroatoms. The molecule has 0 aromatic heterocycles. The van der Waals surface area contributed by atoms with Crippen molar-refractivity contribution in [2.24, 2.45) is 5.92 Å². The smallest absolute Gasteiger partial charge is 0.407 e. The Morgan fingerprint density at radius 1 is 0.875 bits per heavy atom. The van der Waals surface area contributed by atoms with Gasteiger partial charge in [-0.3, -0.25) is 0 Å². The van der Waals surface area contributed by atoms with Gasteiger partial charge in [0.05, 0.1) is 13.2 Å². The molecule has 0 spiro atoms. The Hall–Kier alpha value is -1.26. The van der Waals surface area contributed by atoms with Crippen molar-refractivity contribution < 1.29 is 19.1 Å². The number of ether oxygens (including phenoxy) is 2. The van der Waals surface area contributed by atoms with Crippen molar-refractivity contribution in [3.05, 3.63) is 0 Å². The van der Waals surface area contributed by atoms with E-state index in [2.05, 4.69) is 12.2 Å². The maximum Gasteiger partial charge on any atom is 0.407 e. The van der Waals surface area contributed by atoms with Crippen molar-refractivity contribution in [2.75, 3.05) is 13.2 Å². The van der Waals surface area contributed by atoms with Gasteiger partial charge in [0.25, 0.3) is 0 Å². The number of carbonyl (C=O) groups is 2. The van der Waals surface area contributed by atoms with Crippen LogP contribution in [-0.2, 0) is 14.3 Å². The Balaban J connectivity index is 3.90. The summed E-state index contributed by atoms with van der Waals surface area (Å²) in [5, 5.41) is 2.59. The van der Waals surface area contributed by atoms with Crippen molar-refractivity contribution in [1.29, 1.82) is 0 Å². The SMILES string of the molecule is CCCCCCCCCCOC(=O)C(CC(C)C)NC(=O)OCC. The molecule has 1 N–H and O–H groups in total. The average Bonchev–Trinajstić information content (AvgIpc) is 2.52. The molecule has 1 atom stereocenters. The standard InChI is InChI=1S/C19H37NO4/c1-5-7-8-9-10-11-12-13-14-24-18(21)17(15-16(3)4)20-19(22)23-6-2/h16-17H,5-15H2,1-4H3,(H,20,22). The van der Waals surface area contributed by atoms with Crippen LogP contribution in [0.5, 0.6) is 0 Å². The first-order valence-electron chi connectivity index (χ1n) is 9.61. The van der Waals surface area contributed by atoms with Crippen molar-refractivity contribution >= 4 is 12.1 Å². The Kier molecular flexibility index (Phi) is 14.5. The van der Waals surface area contributed by atoms with Gasteiger partial charge in [0, 0.05) is 0 Å². The molecule has 5 nitrogen and oxygen atoms in total. The van der Waals surface area contributed by atoms with E-state index in [9.17, 15) is 9.59 Å². The van der Waals surface area contributed by atoms with Crippen molar-refractivity contribution in [2.45, 2.75) is 91.5 Å². The second-order valence-electron chi connectivity index (χ2n) is 6.69. The molecule has 0 aliphatic rings. The van der Waals surface area contributed by atoms with E-state index in [4.69, 9.17) is 9.47 Å². The third kappa shape index (κ3) is 13.2.